The summed E-state index contributed by atoms with van der Waals surface area (Å²) in [4.78, 5) is 0. The van der Waals surface area contributed by atoms with E-state index in [0.717, 1.165) is 0 Å². The van der Waals surface area contributed by atoms with Crippen LogP contribution in [0.3, 0.4) is 0 Å². The number of nitrogens with one attached hydrogen (secondary N) is 1. The molecule has 0 radical (unpaired) electrons. The van der Waals surface area contributed by atoms with Gasteiger partial charge in [0.2, 0.25) is 0 Å². The van der Waals surface area contributed by atoms with Crippen molar-refractivity contribution >= 4 is 5.69 Å². The molecule has 3 aliphatic rings. The number of benzene rings is 1. The first kappa shape index (κ1) is 11.3. The Kier molecular flexibility index (Phi) is 2.83. The predicted octanol–water partition coefficient (Wildman–Crippen LogP) is 4.10. The Hall–Kier alpha value is -1.76. The lowest BCUT2D eigenvalue weighted by molar-refractivity contribution is 0.839. The van der Waals surface area contributed by atoms with Gasteiger partial charge in [0.25, 0.3) is 0 Å². The van der Waals surface area contributed by atoms with Crippen LogP contribution in [-0.4, -0.2) is 6.04 Å². The van der Waals surface area contributed by atoms with Crippen molar-refractivity contribution in [3.63, 3.8) is 0 Å². The number of para-hydroxylation sites is 1. The van der Waals surface area contributed by atoms with Crippen molar-refractivity contribution in [2.24, 2.45) is 5.92 Å². The van der Waals surface area contributed by atoms with Crippen LogP contribution in [0.1, 0.15) is 19.4 Å². The second-order valence-corrected chi connectivity index (χ2v) is 5.30. The molecule has 1 unspecified atom stereocenters. The Labute approximate surface area is 109 Å². The quantitative estimate of drug-likeness (QED) is 0.716. The second kappa shape index (κ2) is 4.49. The van der Waals surface area contributed by atoms with Crippen LogP contribution in [0.15, 0.2) is 59.7 Å². The molecule has 0 saturated heterocycles. The fourth-order valence-corrected chi connectivity index (χ4v) is 2.75. The Morgan fingerprint density at radius 2 is 1.67 bits per heavy atom. The second-order valence-electron chi connectivity index (χ2n) is 5.30. The smallest absolute Gasteiger partial charge is 0.0375 e. The van der Waals surface area contributed by atoms with Crippen LogP contribution in [0.25, 0.3) is 0 Å². The molecule has 18 heavy (non-hydrogen) atoms. The number of hydrogen-bond donors (Lipinski definition) is 1. The van der Waals surface area contributed by atoms with Crippen molar-refractivity contribution in [2.75, 3.05) is 5.32 Å². The molecule has 1 heterocycles. The number of anilines is 1. The van der Waals surface area contributed by atoms with E-state index in [4.69, 9.17) is 0 Å². The van der Waals surface area contributed by atoms with Gasteiger partial charge in [0.05, 0.1) is 0 Å². The molecule has 1 heteroatoms. The lowest BCUT2D eigenvalue weighted by Crippen LogP contribution is -2.08. The lowest BCUT2D eigenvalue weighted by Gasteiger charge is -2.00. The Balaban J connectivity index is 0.000000114. The van der Waals surface area contributed by atoms with Gasteiger partial charge in [-0.05, 0) is 36.1 Å². The van der Waals surface area contributed by atoms with Gasteiger partial charge in [-0.15, -0.1) is 0 Å². The Morgan fingerprint density at radius 3 is 2.17 bits per heavy atom. The summed E-state index contributed by atoms with van der Waals surface area (Å²) < 4.78 is 0. The molecule has 0 saturated carbocycles. The molecule has 1 aromatic carbocycles. The molecule has 2 bridgehead atoms. The summed E-state index contributed by atoms with van der Waals surface area (Å²) in [7, 11) is 0. The summed E-state index contributed by atoms with van der Waals surface area (Å²) >= 11 is 0. The molecule has 1 aliphatic heterocycles. The van der Waals surface area contributed by atoms with Crippen molar-refractivity contribution in [3.05, 3.63) is 65.3 Å². The molecular weight excluding hydrogens is 218 g/mol. The minimum Gasteiger partial charge on any atom is -0.382 e. The van der Waals surface area contributed by atoms with Gasteiger partial charge < -0.3 is 5.32 Å². The van der Waals surface area contributed by atoms with E-state index in [2.05, 4.69) is 67.7 Å². The maximum Gasteiger partial charge on any atom is 0.0375 e. The van der Waals surface area contributed by atoms with Crippen LogP contribution in [-0.2, 0) is 6.42 Å². The van der Waals surface area contributed by atoms with E-state index >= 15 is 0 Å². The van der Waals surface area contributed by atoms with Gasteiger partial charge in [-0.2, -0.15) is 0 Å². The van der Waals surface area contributed by atoms with Crippen LogP contribution in [0.2, 0.25) is 0 Å². The lowest BCUT2D eigenvalue weighted by atomic mass is 10.1. The zero-order valence-corrected chi connectivity index (χ0v) is 11.0. The van der Waals surface area contributed by atoms with Gasteiger partial charge in [0.15, 0.2) is 0 Å². The zero-order chi connectivity index (χ0) is 12.5. The van der Waals surface area contributed by atoms with E-state index in [1.807, 2.05) is 0 Å². The highest BCUT2D eigenvalue weighted by atomic mass is 14.9. The van der Waals surface area contributed by atoms with E-state index in [1.54, 1.807) is 0 Å². The SMILES string of the molecule is CC1C2=CC=C1C=C2.CC1Cc2ccccc2N1. The molecule has 92 valence electrons. The molecule has 1 aromatic rings. The summed E-state index contributed by atoms with van der Waals surface area (Å²) in [5.41, 5.74) is 5.71. The molecule has 2 aliphatic carbocycles. The minimum atomic E-state index is 0.623. The molecule has 0 amide bonds. The van der Waals surface area contributed by atoms with Crippen molar-refractivity contribution < 1.29 is 0 Å². The predicted molar refractivity (Wildman–Crippen MR) is 77.7 cm³/mol. The van der Waals surface area contributed by atoms with Crippen molar-refractivity contribution in [2.45, 2.75) is 26.3 Å². The molecule has 0 spiro atoms. The standard InChI is InChI=1S/C9H11N.C8H8/c1-7-6-8-4-2-3-5-9(8)10-7;1-6-7-2-3-8(6)5-4-7/h2-5,7,10H,6H2,1H3;2-6H,1H3. The summed E-state index contributed by atoms with van der Waals surface area (Å²) in [6, 6.07) is 9.12. The monoisotopic (exact) mass is 237 g/mol. The summed E-state index contributed by atoms with van der Waals surface area (Å²) in [5.74, 6) is 0.704. The molecule has 1 N–H and O–H groups in total. The Bertz CT molecular complexity index is 501. The maximum absolute atomic E-state index is 3.40. The molecule has 0 fully saturated rings. The van der Waals surface area contributed by atoms with Gasteiger partial charge in [-0.3, -0.25) is 0 Å². The highest BCUT2D eigenvalue weighted by Gasteiger charge is 2.18. The summed E-state index contributed by atoms with van der Waals surface area (Å²) in [5, 5.41) is 3.40. The van der Waals surface area contributed by atoms with Gasteiger partial charge >= 0.3 is 0 Å². The summed E-state index contributed by atoms with van der Waals surface area (Å²) in [6.07, 6.45) is 9.95. The molecule has 4 rings (SSSR count). The summed E-state index contributed by atoms with van der Waals surface area (Å²) in [6.45, 7) is 4.45. The average molecular weight is 237 g/mol. The fourth-order valence-electron chi connectivity index (χ4n) is 2.75. The normalized spacial score (nSPS) is 22.9. The van der Waals surface area contributed by atoms with Crippen molar-refractivity contribution in [3.8, 4) is 0 Å². The largest absolute Gasteiger partial charge is 0.382 e. The fraction of sp³-hybridized carbons (Fsp3) is 0.294. The number of rotatable bonds is 0. The minimum absolute atomic E-state index is 0.623. The van der Waals surface area contributed by atoms with Crippen LogP contribution in [0.5, 0.6) is 0 Å². The van der Waals surface area contributed by atoms with Gasteiger partial charge in [-0.1, -0.05) is 49.4 Å². The molecule has 0 aromatic heterocycles. The highest BCUT2D eigenvalue weighted by Crippen LogP contribution is 2.33. The van der Waals surface area contributed by atoms with Gasteiger partial charge in [-0.25, -0.2) is 0 Å². The molecular formula is C17H19N. The Morgan fingerprint density at radius 1 is 1.00 bits per heavy atom. The maximum atomic E-state index is 3.40. The van der Waals surface area contributed by atoms with E-state index < -0.39 is 0 Å². The number of hydrogen-bond acceptors (Lipinski definition) is 1. The van der Waals surface area contributed by atoms with E-state index in [1.165, 1.54) is 28.8 Å². The van der Waals surface area contributed by atoms with Crippen LogP contribution in [0, 0.1) is 5.92 Å². The average Bonchev–Trinajstić information content (AvgIpc) is 3.04. The number of allylic oxidation sites excluding steroid dienone is 6. The third-order valence-corrected chi connectivity index (χ3v) is 3.88. The molecule has 1 nitrogen and oxygen atoms in total. The van der Waals surface area contributed by atoms with Gasteiger partial charge in [0.1, 0.15) is 0 Å². The molecule has 1 atom stereocenters. The van der Waals surface area contributed by atoms with Crippen LogP contribution < -0.4 is 5.32 Å². The first-order chi connectivity index (χ1) is 8.74. The first-order valence-electron chi connectivity index (χ1n) is 6.68. The van der Waals surface area contributed by atoms with Crippen molar-refractivity contribution in [1.29, 1.82) is 0 Å². The van der Waals surface area contributed by atoms with E-state index in [0.29, 0.717) is 12.0 Å². The third kappa shape index (κ3) is 2.01. The van der Waals surface area contributed by atoms with Crippen LogP contribution >= 0.6 is 0 Å². The van der Waals surface area contributed by atoms with Crippen molar-refractivity contribution in [1.82, 2.24) is 0 Å². The number of fused-ring (bicyclic) bond motifs is 3. The zero-order valence-electron chi connectivity index (χ0n) is 11.0. The van der Waals surface area contributed by atoms with Crippen LogP contribution in [0.4, 0.5) is 5.69 Å². The van der Waals surface area contributed by atoms with E-state index in [9.17, 15) is 0 Å². The third-order valence-electron chi connectivity index (χ3n) is 3.88. The van der Waals surface area contributed by atoms with E-state index in [-0.39, 0.29) is 0 Å². The first-order valence-corrected chi connectivity index (χ1v) is 6.68. The van der Waals surface area contributed by atoms with Gasteiger partial charge in [0, 0.05) is 17.6 Å². The highest BCUT2D eigenvalue weighted by molar-refractivity contribution is 5.56. The topological polar surface area (TPSA) is 12.0 Å².